The lowest BCUT2D eigenvalue weighted by atomic mass is 9.88. The highest BCUT2D eigenvalue weighted by Crippen LogP contribution is 2.31. The molecule has 0 saturated heterocycles. The summed E-state index contributed by atoms with van der Waals surface area (Å²) in [4.78, 5) is 1.08. The molecule has 0 aromatic heterocycles. The van der Waals surface area contributed by atoms with Crippen LogP contribution in [-0.2, 0) is 0 Å². The van der Waals surface area contributed by atoms with Crippen molar-refractivity contribution >= 4 is 23.4 Å². The lowest BCUT2D eigenvalue weighted by Gasteiger charge is -2.24. The number of aliphatic hydroxyl groups excluding tert-OH is 1. The van der Waals surface area contributed by atoms with Crippen LogP contribution in [0.15, 0.2) is 29.2 Å². The second kappa shape index (κ2) is 8.18. The van der Waals surface area contributed by atoms with E-state index in [4.69, 9.17) is 11.6 Å². The van der Waals surface area contributed by atoms with E-state index in [1.165, 1.54) is 44.9 Å². The van der Waals surface area contributed by atoms with Crippen molar-refractivity contribution in [3.63, 3.8) is 0 Å². The first-order valence-corrected chi connectivity index (χ1v) is 8.69. The molecule has 1 aromatic rings. The standard InChI is InChI=1S/C16H23ClOS/c17-14-10-6-7-11-16(14)19-12-15(18)13-8-4-2-1-3-5-9-13/h6-7,10-11,13,15,18H,1-5,8-9,12H2. The third kappa shape index (κ3) is 5.02. The SMILES string of the molecule is OC(CSc1ccccc1Cl)C1CCCCCCC1. The van der Waals surface area contributed by atoms with Crippen molar-refractivity contribution < 1.29 is 5.11 Å². The minimum absolute atomic E-state index is 0.195. The highest BCUT2D eigenvalue weighted by molar-refractivity contribution is 7.99. The van der Waals surface area contributed by atoms with Gasteiger partial charge in [-0.25, -0.2) is 0 Å². The lowest BCUT2D eigenvalue weighted by Crippen LogP contribution is -2.23. The Labute approximate surface area is 125 Å². The van der Waals surface area contributed by atoms with Crippen LogP contribution in [0, 0.1) is 5.92 Å². The lowest BCUT2D eigenvalue weighted by molar-refractivity contribution is 0.112. The zero-order valence-electron chi connectivity index (χ0n) is 11.4. The van der Waals surface area contributed by atoms with Gasteiger partial charge >= 0.3 is 0 Å². The Morgan fingerprint density at radius 3 is 2.42 bits per heavy atom. The fraction of sp³-hybridized carbons (Fsp3) is 0.625. The van der Waals surface area contributed by atoms with Gasteiger partial charge in [0.15, 0.2) is 0 Å². The molecule has 19 heavy (non-hydrogen) atoms. The molecule has 106 valence electrons. The van der Waals surface area contributed by atoms with Crippen molar-refractivity contribution in [2.45, 2.75) is 55.9 Å². The topological polar surface area (TPSA) is 20.2 Å². The van der Waals surface area contributed by atoms with Gasteiger partial charge in [-0.1, -0.05) is 55.8 Å². The van der Waals surface area contributed by atoms with E-state index >= 15 is 0 Å². The van der Waals surface area contributed by atoms with Crippen molar-refractivity contribution in [2.75, 3.05) is 5.75 Å². The first kappa shape index (κ1) is 15.2. The molecule has 0 amide bonds. The van der Waals surface area contributed by atoms with E-state index in [0.29, 0.717) is 5.92 Å². The van der Waals surface area contributed by atoms with Gasteiger partial charge in [0, 0.05) is 10.6 Å². The van der Waals surface area contributed by atoms with Gasteiger partial charge in [0.2, 0.25) is 0 Å². The molecule has 1 atom stereocenters. The Morgan fingerprint density at radius 1 is 1.11 bits per heavy atom. The second-order valence-electron chi connectivity index (χ2n) is 5.41. The van der Waals surface area contributed by atoms with Crippen molar-refractivity contribution in [1.29, 1.82) is 0 Å². The van der Waals surface area contributed by atoms with Crippen molar-refractivity contribution in [3.05, 3.63) is 29.3 Å². The molecule has 0 aliphatic heterocycles. The molecule has 1 aliphatic rings. The fourth-order valence-corrected chi connectivity index (χ4v) is 4.05. The van der Waals surface area contributed by atoms with Gasteiger partial charge in [0.1, 0.15) is 0 Å². The molecule has 0 radical (unpaired) electrons. The van der Waals surface area contributed by atoms with Gasteiger partial charge in [0.25, 0.3) is 0 Å². The van der Waals surface area contributed by atoms with Crippen LogP contribution in [0.4, 0.5) is 0 Å². The van der Waals surface area contributed by atoms with Gasteiger partial charge in [-0.3, -0.25) is 0 Å². The summed E-state index contributed by atoms with van der Waals surface area (Å²) in [6, 6.07) is 7.87. The Balaban J connectivity index is 1.82. The highest BCUT2D eigenvalue weighted by atomic mass is 35.5. The maximum Gasteiger partial charge on any atom is 0.0662 e. The van der Waals surface area contributed by atoms with E-state index in [0.717, 1.165) is 15.7 Å². The number of aliphatic hydroxyl groups is 1. The molecule has 1 unspecified atom stereocenters. The molecular weight excluding hydrogens is 276 g/mol. The van der Waals surface area contributed by atoms with E-state index in [1.54, 1.807) is 11.8 Å². The average molecular weight is 299 g/mol. The van der Waals surface area contributed by atoms with Crippen LogP contribution in [0.3, 0.4) is 0 Å². The third-order valence-electron chi connectivity index (χ3n) is 3.94. The third-order valence-corrected chi connectivity index (χ3v) is 5.56. The normalized spacial score (nSPS) is 19.7. The monoisotopic (exact) mass is 298 g/mol. The van der Waals surface area contributed by atoms with E-state index in [2.05, 4.69) is 0 Å². The molecule has 2 rings (SSSR count). The number of halogens is 1. The minimum Gasteiger partial charge on any atom is -0.392 e. The summed E-state index contributed by atoms with van der Waals surface area (Å²) in [5.74, 6) is 1.24. The largest absolute Gasteiger partial charge is 0.392 e. The number of hydrogen-bond donors (Lipinski definition) is 1. The second-order valence-corrected chi connectivity index (χ2v) is 6.88. The Morgan fingerprint density at radius 2 is 1.74 bits per heavy atom. The first-order valence-electron chi connectivity index (χ1n) is 7.33. The Kier molecular flexibility index (Phi) is 6.55. The summed E-state index contributed by atoms with van der Waals surface area (Å²) in [5.41, 5.74) is 0. The van der Waals surface area contributed by atoms with Crippen LogP contribution < -0.4 is 0 Å². The maximum atomic E-state index is 10.4. The number of rotatable bonds is 4. The summed E-state index contributed by atoms with van der Waals surface area (Å²) in [6.07, 6.45) is 8.77. The minimum atomic E-state index is -0.195. The smallest absolute Gasteiger partial charge is 0.0662 e. The number of thioether (sulfide) groups is 1. The predicted octanol–water partition coefficient (Wildman–Crippen LogP) is 5.15. The Hall–Kier alpha value is -0.180. The molecule has 1 N–H and O–H groups in total. The van der Waals surface area contributed by atoms with Gasteiger partial charge in [-0.2, -0.15) is 0 Å². The fourth-order valence-electron chi connectivity index (χ4n) is 2.75. The summed E-state index contributed by atoms with van der Waals surface area (Å²) < 4.78 is 0. The van der Waals surface area contributed by atoms with E-state index in [1.807, 2.05) is 24.3 Å². The molecule has 1 nitrogen and oxygen atoms in total. The molecular formula is C16H23ClOS. The van der Waals surface area contributed by atoms with E-state index in [-0.39, 0.29) is 6.10 Å². The van der Waals surface area contributed by atoms with Crippen LogP contribution >= 0.6 is 23.4 Å². The van der Waals surface area contributed by atoms with Crippen LogP contribution in [0.2, 0.25) is 5.02 Å². The van der Waals surface area contributed by atoms with Crippen LogP contribution in [0.1, 0.15) is 44.9 Å². The molecule has 1 saturated carbocycles. The van der Waals surface area contributed by atoms with E-state index in [9.17, 15) is 5.11 Å². The van der Waals surface area contributed by atoms with Crippen LogP contribution in [0.5, 0.6) is 0 Å². The van der Waals surface area contributed by atoms with Crippen molar-refractivity contribution in [2.24, 2.45) is 5.92 Å². The molecule has 0 bridgehead atoms. The predicted molar refractivity (Wildman–Crippen MR) is 84.0 cm³/mol. The van der Waals surface area contributed by atoms with Gasteiger partial charge in [0.05, 0.1) is 11.1 Å². The summed E-state index contributed by atoms with van der Waals surface area (Å²) in [6.45, 7) is 0. The molecule has 0 heterocycles. The van der Waals surface area contributed by atoms with Gasteiger partial charge in [-0.05, 0) is 30.9 Å². The molecule has 3 heteroatoms. The van der Waals surface area contributed by atoms with Crippen molar-refractivity contribution in [1.82, 2.24) is 0 Å². The quantitative estimate of drug-likeness (QED) is 0.775. The molecule has 1 aliphatic carbocycles. The summed E-state index contributed by atoms with van der Waals surface area (Å²) in [7, 11) is 0. The van der Waals surface area contributed by atoms with Crippen LogP contribution in [0.25, 0.3) is 0 Å². The Bertz CT molecular complexity index is 375. The molecule has 1 aromatic carbocycles. The van der Waals surface area contributed by atoms with Crippen molar-refractivity contribution in [3.8, 4) is 0 Å². The first-order chi connectivity index (χ1) is 9.27. The van der Waals surface area contributed by atoms with Gasteiger partial charge < -0.3 is 5.11 Å². The van der Waals surface area contributed by atoms with Crippen LogP contribution in [-0.4, -0.2) is 17.0 Å². The number of hydrogen-bond acceptors (Lipinski definition) is 2. The zero-order valence-corrected chi connectivity index (χ0v) is 12.9. The summed E-state index contributed by atoms with van der Waals surface area (Å²) in [5, 5.41) is 11.2. The van der Waals surface area contributed by atoms with Gasteiger partial charge in [-0.15, -0.1) is 11.8 Å². The highest BCUT2D eigenvalue weighted by Gasteiger charge is 2.20. The molecule has 1 fully saturated rings. The molecule has 0 spiro atoms. The average Bonchev–Trinajstić information content (AvgIpc) is 2.37. The van der Waals surface area contributed by atoms with E-state index < -0.39 is 0 Å². The summed E-state index contributed by atoms with van der Waals surface area (Å²) >= 11 is 7.82. The zero-order chi connectivity index (χ0) is 13.5. The maximum absolute atomic E-state index is 10.4. The number of benzene rings is 1.